The van der Waals surface area contributed by atoms with Crippen molar-refractivity contribution in [3.63, 3.8) is 0 Å². The molecule has 0 saturated carbocycles. The number of ether oxygens (including phenoxy) is 1. The largest absolute Gasteiger partial charge is 0.494 e. The minimum Gasteiger partial charge on any atom is -0.494 e. The van der Waals surface area contributed by atoms with Crippen molar-refractivity contribution in [1.29, 1.82) is 0 Å². The van der Waals surface area contributed by atoms with Crippen molar-refractivity contribution in [1.82, 2.24) is 5.32 Å². The van der Waals surface area contributed by atoms with E-state index in [0.717, 1.165) is 25.9 Å². The van der Waals surface area contributed by atoms with Crippen LogP contribution < -0.4 is 15.4 Å². The van der Waals surface area contributed by atoms with Crippen LogP contribution in [0.25, 0.3) is 0 Å². The highest BCUT2D eigenvalue weighted by atomic mass is 19.1. The predicted molar refractivity (Wildman–Crippen MR) is 71.8 cm³/mol. The summed E-state index contributed by atoms with van der Waals surface area (Å²) >= 11 is 0. The van der Waals surface area contributed by atoms with Crippen molar-refractivity contribution in [2.75, 3.05) is 25.5 Å². The average molecular weight is 266 g/mol. The molecule has 1 aromatic rings. The normalized spacial score (nSPS) is 16.1. The molecule has 0 spiro atoms. The molecular formula is C14H19FN2O2. The fourth-order valence-electron chi connectivity index (χ4n) is 2.32. The van der Waals surface area contributed by atoms with Gasteiger partial charge in [-0.25, -0.2) is 4.39 Å². The van der Waals surface area contributed by atoms with Crippen LogP contribution in [0, 0.1) is 11.7 Å². The summed E-state index contributed by atoms with van der Waals surface area (Å²) < 4.78 is 18.1. The second-order valence-electron chi connectivity index (χ2n) is 4.79. The van der Waals surface area contributed by atoms with E-state index in [1.165, 1.54) is 25.3 Å². The van der Waals surface area contributed by atoms with Gasteiger partial charge in [-0.05, 0) is 44.0 Å². The zero-order valence-electron chi connectivity index (χ0n) is 11.0. The van der Waals surface area contributed by atoms with Crippen LogP contribution in [0.4, 0.5) is 10.1 Å². The maximum atomic E-state index is 13.0. The van der Waals surface area contributed by atoms with Crippen LogP contribution in [-0.4, -0.2) is 26.1 Å². The number of methoxy groups -OCH3 is 1. The highest BCUT2D eigenvalue weighted by Crippen LogP contribution is 2.26. The van der Waals surface area contributed by atoms with Gasteiger partial charge < -0.3 is 15.4 Å². The number of carbonyl (C=O) groups excluding carboxylic acids is 1. The van der Waals surface area contributed by atoms with Gasteiger partial charge >= 0.3 is 0 Å². The van der Waals surface area contributed by atoms with Gasteiger partial charge in [-0.3, -0.25) is 4.79 Å². The average Bonchev–Trinajstić information content (AvgIpc) is 2.42. The van der Waals surface area contributed by atoms with Crippen molar-refractivity contribution in [3.8, 4) is 5.75 Å². The molecule has 0 aliphatic carbocycles. The summed E-state index contributed by atoms with van der Waals surface area (Å²) in [4.78, 5) is 12.0. The van der Waals surface area contributed by atoms with Crippen molar-refractivity contribution < 1.29 is 13.9 Å². The van der Waals surface area contributed by atoms with Gasteiger partial charge in [0.15, 0.2) is 0 Å². The summed E-state index contributed by atoms with van der Waals surface area (Å²) in [7, 11) is 1.46. The number of hydrogen-bond acceptors (Lipinski definition) is 3. The lowest BCUT2D eigenvalue weighted by Crippen LogP contribution is -2.30. The Morgan fingerprint density at radius 1 is 1.47 bits per heavy atom. The molecule has 1 aromatic carbocycles. The van der Waals surface area contributed by atoms with E-state index in [1.54, 1.807) is 0 Å². The van der Waals surface area contributed by atoms with E-state index in [1.807, 2.05) is 0 Å². The second-order valence-corrected chi connectivity index (χ2v) is 4.79. The molecule has 0 unspecified atom stereocenters. The molecule has 0 bridgehead atoms. The Balaban J connectivity index is 1.94. The van der Waals surface area contributed by atoms with Crippen LogP contribution >= 0.6 is 0 Å². The molecule has 19 heavy (non-hydrogen) atoms. The first-order valence-corrected chi connectivity index (χ1v) is 6.53. The molecule has 1 saturated heterocycles. The van der Waals surface area contributed by atoms with Gasteiger partial charge in [0.2, 0.25) is 5.91 Å². The van der Waals surface area contributed by atoms with Gasteiger partial charge in [0.1, 0.15) is 11.6 Å². The Kier molecular flexibility index (Phi) is 4.74. The van der Waals surface area contributed by atoms with E-state index < -0.39 is 0 Å². The van der Waals surface area contributed by atoms with Crippen LogP contribution in [0.2, 0.25) is 0 Å². The van der Waals surface area contributed by atoms with E-state index in [4.69, 9.17) is 4.74 Å². The molecule has 1 aliphatic heterocycles. The maximum Gasteiger partial charge on any atom is 0.224 e. The molecule has 0 atom stereocenters. The first-order valence-electron chi connectivity index (χ1n) is 6.53. The Labute approximate surface area is 112 Å². The van der Waals surface area contributed by atoms with E-state index in [2.05, 4.69) is 10.6 Å². The number of halogens is 1. The third-order valence-electron chi connectivity index (χ3n) is 3.37. The zero-order chi connectivity index (χ0) is 13.7. The molecular weight excluding hydrogens is 247 g/mol. The highest BCUT2D eigenvalue weighted by Gasteiger charge is 2.17. The highest BCUT2D eigenvalue weighted by molar-refractivity contribution is 5.92. The summed E-state index contributed by atoms with van der Waals surface area (Å²) in [6, 6.07) is 4.09. The number of carbonyl (C=O) groups is 1. The van der Waals surface area contributed by atoms with Gasteiger partial charge in [0.05, 0.1) is 12.8 Å². The topological polar surface area (TPSA) is 50.4 Å². The monoisotopic (exact) mass is 266 g/mol. The number of amides is 1. The lowest BCUT2D eigenvalue weighted by Gasteiger charge is -2.22. The Morgan fingerprint density at radius 3 is 2.89 bits per heavy atom. The molecule has 2 N–H and O–H groups in total. The SMILES string of the molecule is COc1cc(F)ccc1NC(=O)CC1CCNCC1. The van der Waals surface area contributed by atoms with Gasteiger partial charge in [-0.15, -0.1) is 0 Å². The van der Waals surface area contributed by atoms with Gasteiger partial charge in [0.25, 0.3) is 0 Å². The number of piperidine rings is 1. The van der Waals surface area contributed by atoms with E-state index in [9.17, 15) is 9.18 Å². The van der Waals surface area contributed by atoms with Crippen molar-refractivity contribution in [3.05, 3.63) is 24.0 Å². The van der Waals surface area contributed by atoms with Crippen molar-refractivity contribution in [2.45, 2.75) is 19.3 Å². The van der Waals surface area contributed by atoms with E-state index in [0.29, 0.717) is 23.8 Å². The lowest BCUT2D eigenvalue weighted by atomic mass is 9.94. The van der Waals surface area contributed by atoms with E-state index in [-0.39, 0.29) is 11.7 Å². The van der Waals surface area contributed by atoms with Gasteiger partial charge in [-0.2, -0.15) is 0 Å². The smallest absolute Gasteiger partial charge is 0.224 e. The summed E-state index contributed by atoms with van der Waals surface area (Å²) in [6.07, 6.45) is 2.55. The molecule has 4 nitrogen and oxygen atoms in total. The van der Waals surface area contributed by atoms with Crippen molar-refractivity contribution >= 4 is 11.6 Å². The molecule has 5 heteroatoms. The van der Waals surface area contributed by atoms with Crippen LogP contribution in [0.5, 0.6) is 5.75 Å². The van der Waals surface area contributed by atoms with Crippen LogP contribution in [0.15, 0.2) is 18.2 Å². The molecule has 1 heterocycles. The fraction of sp³-hybridized carbons (Fsp3) is 0.500. The predicted octanol–water partition coefficient (Wildman–Crippen LogP) is 2.16. The number of nitrogens with one attached hydrogen (secondary N) is 2. The molecule has 1 fully saturated rings. The number of rotatable bonds is 4. The number of benzene rings is 1. The summed E-state index contributed by atoms with van der Waals surface area (Å²) in [6.45, 7) is 1.94. The Morgan fingerprint density at radius 2 is 2.21 bits per heavy atom. The molecule has 1 aliphatic rings. The molecule has 2 rings (SSSR count). The first-order chi connectivity index (χ1) is 9.19. The van der Waals surface area contributed by atoms with Crippen LogP contribution in [-0.2, 0) is 4.79 Å². The van der Waals surface area contributed by atoms with E-state index >= 15 is 0 Å². The number of hydrogen-bond donors (Lipinski definition) is 2. The fourth-order valence-corrected chi connectivity index (χ4v) is 2.32. The molecule has 0 aromatic heterocycles. The zero-order valence-corrected chi connectivity index (χ0v) is 11.0. The van der Waals surface area contributed by atoms with Crippen molar-refractivity contribution in [2.24, 2.45) is 5.92 Å². The Hall–Kier alpha value is -1.62. The minimum atomic E-state index is -0.381. The standard InChI is InChI=1S/C14H19FN2O2/c1-19-13-9-11(15)2-3-12(13)17-14(18)8-10-4-6-16-7-5-10/h2-3,9-10,16H,4-8H2,1H3,(H,17,18). The quantitative estimate of drug-likeness (QED) is 0.878. The Bertz CT molecular complexity index is 445. The molecule has 0 radical (unpaired) electrons. The maximum absolute atomic E-state index is 13.0. The summed E-state index contributed by atoms with van der Waals surface area (Å²) in [5, 5.41) is 6.05. The summed E-state index contributed by atoms with van der Waals surface area (Å²) in [5.74, 6) is 0.344. The lowest BCUT2D eigenvalue weighted by molar-refractivity contribution is -0.117. The first kappa shape index (κ1) is 13.8. The van der Waals surface area contributed by atoms with Crippen LogP contribution in [0.1, 0.15) is 19.3 Å². The number of anilines is 1. The molecule has 1 amide bonds. The molecule has 104 valence electrons. The second kappa shape index (κ2) is 6.52. The van der Waals surface area contributed by atoms with Gasteiger partial charge in [0, 0.05) is 12.5 Å². The van der Waals surface area contributed by atoms with Crippen LogP contribution in [0.3, 0.4) is 0 Å². The van der Waals surface area contributed by atoms with Gasteiger partial charge in [-0.1, -0.05) is 0 Å². The summed E-state index contributed by atoms with van der Waals surface area (Å²) in [5.41, 5.74) is 0.517. The minimum absolute atomic E-state index is 0.0446. The third kappa shape index (κ3) is 3.92. The third-order valence-corrected chi connectivity index (χ3v) is 3.37.